The molecule has 1 fully saturated rings. The minimum Gasteiger partial charge on any atom is -0.251 e. The van der Waals surface area contributed by atoms with Crippen LogP contribution < -0.4 is 0 Å². The summed E-state index contributed by atoms with van der Waals surface area (Å²) in [7, 11) is 0. The number of halogens is 2. The molecule has 0 N–H and O–H groups in total. The maximum atomic E-state index is 13.6. The van der Waals surface area contributed by atoms with Crippen molar-refractivity contribution in [1.29, 1.82) is 5.26 Å². The highest BCUT2D eigenvalue weighted by molar-refractivity contribution is 5.33. The van der Waals surface area contributed by atoms with Gasteiger partial charge in [-0.05, 0) is 74.5 Å². The average molecular weight is 303 g/mol. The fourth-order valence-corrected chi connectivity index (χ4v) is 3.20. The maximum Gasteiger partial charge on any atom is 0.141 e. The molecule has 2 rings (SSSR count). The van der Waals surface area contributed by atoms with Gasteiger partial charge in [0.2, 0.25) is 0 Å². The molecule has 0 aromatic heterocycles. The molecule has 1 aromatic carbocycles. The summed E-state index contributed by atoms with van der Waals surface area (Å²) in [5.74, 6) is 0.890. The normalized spacial score (nSPS) is 21.9. The summed E-state index contributed by atoms with van der Waals surface area (Å²) in [6.07, 6.45) is 11.4. The highest BCUT2D eigenvalue weighted by atomic mass is 19.1. The van der Waals surface area contributed by atoms with Crippen LogP contribution in [0.2, 0.25) is 0 Å². The van der Waals surface area contributed by atoms with Gasteiger partial charge in [0.05, 0.1) is 12.2 Å². The molecule has 118 valence electrons. The van der Waals surface area contributed by atoms with E-state index in [2.05, 4.69) is 6.08 Å². The molecule has 0 unspecified atom stereocenters. The molecule has 1 saturated carbocycles. The van der Waals surface area contributed by atoms with E-state index >= 15 is 0 Å². The molecule has 3 heteroatoms. The van der Waals surface area contributed by atoms with E-state index in [4.69, 9.17) is 5.26 Å². The number of rotatable bonds is 6. The molecule has 0 bridgehead atoms. The van der Waals surface area contributed by atoms with E-state index in [1.807, 2.05) is 18.2 Å². The van der Waals surface area contributed by atoms with E-state index < -0.39 is 5.82 Å². The van der Waals surface area contributed by atoms with Crippen molar-refractivity contribution < 1.29 is 8.78 Å². The fourth-order valence-electron chi connectivity index (χ4n) is 3.20. The zero-order valence-corrected chi connectivity index (χ0v) is 12.9. The SMILES string of the molecule is N#Cc1ccc(CC[C@H]2CC[C@H](C=CCCF)CC2)cc1F. The predicted molar refractivity (Wildman–Crippen MR) is 84.6 cm³/mol. The van der Waals surface area contributed by atoms with Crippen LogP contribution in [0.4, 0.5) is 8.78 Å². The van der Waals surface area contributed by atoms with Gasteiger partial charge >= 0.3 is 0 Å². The van der Waals surface area contributed by atoms with Gasteiger partial charge in [-0.3, -0.25) is 4.39 Å². The second-order valence-electron chi connectivity index (χ2n) is 6.15. The van der Waals surface area contributed by atoms with Crippen LogP contribution in [0.25, 0.3) is 0 Å². The molecule has 1 aliphatic rings. The first-order valence-electron chi connectivity index (χ1n) is 8.14. The standard InChI is InChI=1S/C19H23F2N/c20-12-2-1-3-15-4-6-16(7-5-15)8-9-17-10-11-18(14-22)19(21)13-17/h1,3,10-11,13,15-16H,2,4-9,12H2/t15-,16-. The molecule has 0 radical (unpaired) electrons. The van der Waals surface area contributed by atoms with Crippen molar-refractivity contribution in [2.75, 3.05) is 6.67 Å². The third kappa shape index (κ3) is 4.94. The molecule has 0 heterocycles. The number of hydrogen-bond acceptors (Lipinski definition) is 1. The lowest BCUT2D eigenvalue weighted by Gasteiger charge is -2.26. The molecule has 0 amide bonds. The molecule has 0 atom stereocenters. The molecule has 0 saturated heterocycles. The Morgan fingerprint density at radius 2 is 2.00 bits per heavy atom. The summed E-state index contributed by atoms with van der Waals surface area (Å²) < 4.78 is 25.6. The first kappa shape index (κ1) is 16.7. The largest absolute Gasteiger partial charge is 0.251 e. The second kappa shape index (κ2) is 8.68. The highest BCUT2D eigenvalue weighted by Gasteiger charge is 2.19. The van der Waals surface area contributed by atoms with Gasteiger partial charge in [0.1, 0.15) is 11.9 Å². The topological polar surface area (TPSA) is 23.8 Å². The van der Waals surface area contributed by atoms with Crippen molar-refractivity contribution in [1.82, 2.24) is 0 Å². The summed E-state index contributed by atoms with van der Waals surface area (Å²) in [6, 6.07) is 6.76. The Kier molecular flexibility index (Phi) is 6.58. The number of aryl methyl sites for hydroxylation is 1. The Bertz CT molecular complexity index is 537. The minimum atomic E-state index is -0.415. The van der Waals surface area contributed by atoms with Crippen molar-refractivity contribution >= 4 is 0 Å². The molecule has 1 aliphatic carbocycles. The molecular weight excluding hydrogens is 280 g/mol. The van der Waals surface area contributed by atoms with Crippen LogP contribution in [0, 0.1) is 29.0 Å². The molecule has 22 heavy (non-hydrogen) atoms. The molecule has 1 aromatic rings. The number of nitrogens with zero attached hydrogens (tertiary/aromatic N) is 1. The van der Waals surface area contributed by atoms with Crippen molar-refractivity contribution in [3.63, 3.8) is 0 Å². The van der Waals surface area contributed by atoms with Crippen molar-refractivity contribution in [3.8, 4) is 6.07 Å². The Balaban J connectivity index is 1.75. The van der Waals surface area contributed by atoms with E-state index in [9.17, 15) is 8.78 Å². The quantitative estimate of drug-likeness (QED) is 0.650. The van der Waals surface area contributed by atoms with Gasteiger partial charge in [0.25, 0.3) is 0 Å². The predicted octanol–water partition coefficient (Wildman–Crippen LogP) is 5.35. The summed E-state index contributed by atoms with van der Waals surface area (Å²) in [5.41, 5.74) is 1.09. The van der Waals surface area contributed by atoms with Crippen LogP contribution in [-0.4, -0.2) is 6.67 Å². The number of hydrogen-bond donors (Lipinski definition) is 0. The van der Waals surface area contributed by atoms with Gasteiger partial charge in [0, 0.05) is 0 Å². The number of benzene rings is 1. The van der Waals surface area contributed by atoms with Crippen LogP contribution in [0.3, 0.4) is 0 Å². The zero-order valence-electron chi connectivity index (χ0n) is 12.9. The molecular formula is C19H23F2N. The van der Waals surface area contributed by atoms with Gasteiger partial charge in [-0.2, -0.15) is 5.26 Å². The molecule has 0 aliphatic heterocycles. The number of nitriles is 1. The van der Waals surface area contributed by atoms with Crippen LogP contribution in [-0.2, 0) is 6.42 Å². The van der Waals surface area contributed by atoms with Crippen LogP contribution in [0.1, 0.15) is 49.7 Å². The number of allylic oxidation sites excluding steroid dienone is 2. The van der Waals surface area contributed by atoms with Crippen molar-refractivity contribution in [2.24, 2.45) is 11.8 Å². The van der Waals surface area contributed by atoms with Gasteiger partial charge in [0.15, 0.2) is 0 Å². The van der Waals surface area contributed by atoms with E-state index in [-0.39, 0.29) is 12.2 Å². The third-order valence-electron chi connectivity index (χ3n) is 4.57. The second-order valence-corrected chi connectivity index (χ2v) is 6.15. The van der Waals surface area contributed by atoms with Crippen LogP contribution >= 0.6 is 0 Å². The van der Waals surface area contributed by atoms with Gasteiger partial charge in [-0.25, -0.2) is 4.39 Å². The van der Waals surface area contributed by atoms with E-state index in [0.717, 1.165) is 18.4 Å². The fraction of sp³-hybridized carbons (Fsp3) is 0.526. The lowest BCUT2D eigenvalue weighted by Crippen LogP contribution is -2.13. The first-order chi connectivity index (χ1) is 10.7. The van der Waals surface area contributed by atoms with Crippen LogP contribution in [0.5, 0.6) is 0 Å². The van der Waals surface area contributed by atoms with Crippen molar-refractivity contribution in [2.45, 2.75) is 44.9 Å². The summed E-state index contributed by atoms with van der Waals surface area (Å²) >= 11 is 0. The molecule has 1 nitrogen and oxygen atoms in total. The Labute approximate surface area is 131 Å². The summed E-state index contributed by atoms with van der Waals surface area (Å²) in [5, 5.41) is 8.73. The van der Waals surface area contributed by atoms with E-state index in [1.165, 1.54) is 31.7 Å². The Hall–Kier alpha value is -1.69. The smallest absolute Gasteiger partial charge is 0.141 e. The highest BCUT2D eigenvalue weighted by Crippen LogP contribution is 2.32. The minimum absolute atomic E-state index is 0.115. The Morgan fingerprint density at radius 3 is 2.64 bits per heavy atom. The Morgan fingerprint density at radius 1 is 1.23 bits per heavy atom. The maximum absolute atomic E-state index is 13.6. The first-order valence-corrected chi connectivity index (χ1v) is 8.14. The van der Waals surface area contributed by atoms with E-state index in [0.29, 0.717) is 18.3 Å². The average Bonchev–Trinajstić information content (AvgIpc) is 2.54. The van der Waals surface area contributed by atoms with Gasteiger partial charge in [-0.15, -0.1) is 0 Å². The van der Waals surface area contributed by atoms with Crippen molar-refractivity contribution in [3.05, 3.63) is 47.3 Å². The van der Waals surface area contributed by atoms with E-state index in [1.54, 1.807) is 6.07 Å². The molecule has 0 spiro atoms. The summed E-state index contributed by atoms with van der Waals surface area (Å²) in [4.78, 5) is 0. The lowest BCUT2D eigenvalue weighted by molar-refractivity contribution is 0.295. The lowest BCUT2D eigenvalue weighted by atomic mass is 9.79. The van der Waals surface area contributed by atoms with Gasteiger partial charge < -0.3 is 0 Å². The van der Waals surface area contributed by atoms with Crippen LogP contribution in [0.15, 0.2) is 30.4 Å². The zero-order chi connectivity index (χ0) is 15.8. The number of alkyl halides is 1. The summed E-state index contributed by atoms with van der Waals surface area (Å²) in [6.45, 7) is -0.271. The van der Waals surface area contributed by atoms with Gasteiger partial charge in [-0.1, -0.05) is 18.2 Å². The monoisotopic (exact) mass is 303 g/mol. The third-order valence-corrected chi connectivity index (χ3v) is 4.57.